The van der Waals surface area contributed by atoms with Gasteiger partial charge in [-0.3, -0.25) is 4.79 Å². The molecule has 1 saturated carbocycles. The number of aromatic hydroxyl groups is 1. The molecule has 3 N–H and O–H groups in total. The number of carbonyl (C=O) groups excluding carboxylic acids is 1. The van der Waals surface area contributed by atoms with Gasteiger partial charge in [0.15, 0.2) is 0 Å². The van der Waals surface area contributed by atoms with E-state index >= 15 is 0 Å². The van der Waals surface area contributed by atoms with E-state index in [9.17, 15) is 15.0 Å². The van der Waals surface area contributed by atoms with Crippen LogP contribution >= 0.6 is 0 Å². The van der Waals surface area contributed by atoms with E-state index in [1.165, 1.54) is 0 Å². The van der Waals surface area contributed by atoms with Gasteiger partial charge < -0.3 is 15.5 Å². The Morgan fingerprint density at radius 2 is 1.90 bits per heavy atom. The fourth-order valence-electron chi connectivity index (χ4n) is 2.66. The van der Waals surface area contributed by atoms with Gasteiger partial charge in [-0.25, -0.2) is 0 Å². The largest absolute Gasteiger partial charge is 0.507 e. The summed E-state index contributed by atoms with van der Waals surface area (Å²) < 4.78 is 0. The van der Waals surface area contributed by atoms with Crippen molar-refractivity contribution < 1.29 is 15.0 Å². The normalized spacial score (nSPS) is 16.6. The Kier molecular flexibility index (Phi) is 4.33. The van der Waals surface area contributed by atoms with E-state index in [0.717, 1.165) is 42.4 Å². The minimum absolute atomic E-state index is 0.0839. The minimum Gasteiger partial charge on any atom is -0.507 e. The van der Waals surface area contributed by atoms with Crippen LogP contribution in [-0.2, 0) is 11.2 Å². The molecule has 1 aliphatic rings. The highest BCUT2D eigenvalue weighted by Crippen LogP contribution is 2.34. The molecular weight excluding hydrogens is 254 g/mol. The molecule has 0 saturated heterocycles. The first kappa shape index (κ1) is 14.9. The van der Waals surface area contributed by atoms with E-state index in [1.54, 1.807) is 0 Å². The highest BCUT2D eigenvalue weighted by atomic mass is 16.3. The van der Waals surface area contributed by atoms with E-state index in [1.807, 2.05) is 26.0 Å². The molecule has 0 aliphatic heterocycles. The summed E-state index contributed by atoms with van der Waals surface area (Å²) in [4.78, 5) is 11.7. The number of carbonyl (C=O) groups is 1. The van der Waals surface area contributed by atoms with Crippen LogP contribution in [0.25, 0.3) is 0 Å². The van der Waals surface area contributed by atoms with Crippen LogP contribution < -0.4 is 5.32 Å². The summed E-state index contributed by atoms with van der Waals surface area (Å²) in [6.45, 7) is 4.30. The van der Waals surface area contributed by atoms with E-state index < -0.39 is 5.60 Å². The Morgan fingerprint density at radius 1 is 1.30 bits per heavy atom. The summed E-state index contributed by atoms with van der Waals surface area (Å²) in [5.74, 6) is 0.254. The van der Waals surface area contributed by atoms with Crippen LogP contribution in [0, 0.1) is 13.8 Å². The predicted octanol–water partition coefficient (Wildman–Crippen LogP) is 1.97. The van der Waals surface area contributed by atoms with Crippen LogP contribution in [0.4, 0.5) is 0 Å². The molecule has 4 nitrogen and oxygen atoms in total. The van der Waals surface area contributed by atoms with E-state index in [2.05, 4.69) is 5.32 Å². The molecule has 20 heavy (non-hydrogen) atoms. The highest BCUT2D eigenvalue weighted by molar-refractivity contribution is 5.77. The molecule has 0 heterocycles. The number of phenols is 1. The first-order valence-corrected chi connectivity index (χ1v) is 7.18. The first-order valence-electron chi connectivity index (χ1n) is 7.18. The number of aliphatic hydroxyl groups is 1. The zero-order chi connectivity index (χ0) is 14.8. The number of rotatable bonds is 5. The molecular formula is C16H23NO3. The molecule has 4 heteroatoms. The Labute approximate surface area is 119 Å². The van der Waals surface area contributed by atoms with Gasteiger partial charge in [-0.15, -0.1) is 0 Å². The van der Waals surface area contributed by atoms with Gasteiger partial charge in [0.25, 0.3) is 0 Å². The molecule has 1 aromatic carbocycles. The SMILES string of the molecule is Cc1cc(CCNC(=O)CC2(O)CCC2)cc(C)c1O. The molecule has 0 aromatic heterocycles. The zero-order valence-corrected chi connectivity index (χ0v) is 12.2. The molecule has 1 aromatic rings. The summed E-state index contributed by atoms with van der Waals surface area (Å²) >= 11 is 0. The van der Waals surface area contributed by atoms with Crippen LogP contribution in [0.5, 0.6) is 5.75 Å². The Balaban J connectivity index is 1.79. The lowest BCUT2D eigenvalue weighted by molar-refractivity contribution is -0.130. The van der Waals surface area contributed by atoms with Gasteiger partial charge in [-0.1, -0.05) is 12.1 Å². The maximum Gasteiger partial charge on any atom is 0.222 e. The van der Waals surface area contributed by atoms with Crippen molar-refractivity contribution in [1.82, 2.24) is 5.32 Å². The van der Waals surface area contributed by atoms with Gasteiger partial charge >= 0.3 is 0 Å². The number of hydrogen-bond acceptors (Lipinski definition) is 3. The molecule has 1 aliphatic carbocycles. The van der Waals surface area contributed by atoms with E-state index in [0.29, 0.717) is 12.3 Å². The highest BCUT2D eigenvalue weighted by Gasteiger charge is 2.36. The average Bonchev–Trinajstić information content (AvgIpc) is 2.34. The number of hydrogen-bond donors (Lipinski definition) is 3. The van der Waals surface area contributed by atoms with Gasteiger partial charge in [0.05, 0.1) is 12.0 Å². The molecule has 0 bridgehead atoms. The lowest BCUT2D eigenvalue weighted by Gasteiger charge is -2.35. The second-order valence-electron chi connectivity index (χ2n) is 5.93. The predicted molar refractivity (Wildman–Crippen MR) is 77.7 cm³/mol. The third-order valence-corrected chi connectivity index (χ3v) is 4.06. The number of phenolic OH excluding ortho intramolecular Hbond substituents is 1. The van der Waals surface area contributed by atoms with Crippen LogP contribution in [0.1, 0.15) is 42.4 Å². The van der Waals surface area contributed by atoms with Crippen LogP contribution in [0.3, 0.4) is 0 Å². The quantitative estimate of drug-likeness (QED) is 0.770. The first-order chi connectivity index (χ1) is 9.39. The van der Waals surface area contributed by atoms with Crippen LogP contribution in [0.15, 0.2) is 12.1 Å². The number of aryl methyl sites for hydroxylation is 2. The second kappa shape index (κ2) is 5.83. The van der Waals surface area contributed by atoms with Gasteiger partial charge in [-0.2, -0.15) is 0 Å². The maximum absolute atomic E-state index is 11.7. The number of benzene rings is 1. The molecule has 0 spiro atoms. The molecule has 1 amide bonds. The number of amides is 1. The summed E-state index contributed by atoms with van der Waals surface area (Å²) in [5, 5.41) is 22.5. The van der Waals surface area contributed by atoms with Crippen molar-refractivity contribution >= 4 is 5.91 Å². The Bertz CT molecular complexity index is 483. The third-order valence-electron chi connectivity index (χ3n) is 4.06. The van der Waals surface area contributed by atoms with Gasteiger partial charge in [0.1, 0.15) is 5.75 Å². The fourth-order valence-corrected chi connectivity index (χ4v) is 2.66. The van der Waals surface area contributed by atoms with E-state index in [4.69, 9.17) is 0 Å². The molecule has 1 fully saturated rings. The van der Waals surface area contributed by atoms with Crippen molar-refractivity contribution in [2.24, 2.45) is 0 Å². The fraction of sp³-hybridized carbons (Fsp3) is 0.562. The Morgan fingerprint density at radius 3 is 2.40 bits per heavy atom. The lowest BCUT2D eigenvalue weighted by Crippen LogP contribution is -2.42. The van der Waals surface area contributed by atoms with Crippen molar-refractivity contribution in [3.8, 4) is 5.75 Å². The summed E-state index contributed by atoms with van der Waals surface area (Å²) in [7, 11) is 0. The van der Waals surface area contributed by atoms with Crippen LogP contribution in [0.2, 0.25) is 0 Å². The van der Waals surface area contributed by atoms with Crippen molar-refractivity contribution in [2.75, 3.05) is 6.54 Å². The monoisotopic (exact) mass is 277 g/mol. The lowest BCUT2D eigenvalue weighted by atomic mass is 9.78. The number of nitrogens with one attached hydrogen (secondary N) is 1. The molecule has 2 rings (SSSR count). The standard InChI is InChI=1S/C16H23NO3/c1-11-8-13(9-12(2)15(11)19)4-7-17-14(18)10-16(20)5-3-6-16/h8-9,19-20H,3-7,10H2,1-2H3,(H,17,18). The van der Waals surface area contributed by atoms with Crippen molar-refractivity contribution in [1.29, 1.82) is 0 Å². The molecule has 0 atom stereocenters. The summed E-state index contributed by atoms with van der Waals surface area (Å²) in [6.07, 6.45) is 3.41. The van der Waals surface area contributed by atoms with Crippen molar-refractivity contribution in [2.45, 2.75) is 51.6 Å². The Hall–Kier alpha value is -1.55. The summed E-state index contributed by atoms with van der Waals surface area (Å²) in [6, 6.07) is 3.88. The maximum atomic E-state index is 11.7. The molecule has 110 valence electrons. The molecule has 0 unspecified atom stereocenters. The van der Waals surface area contributed by atoms with Crippen molar-refractivity contribution in [3.63, 3.8) is 0 Å². The molecule has 0 radical (unpaired) electrons. The smallest absolute Gasteiger partial charge is 0.222 e. The third kappa shape index (κ3) is 3.51. The summed E-state index contributed by atoms with van der Waals surface area (Å²) in [5.41, 5.74) is 2.06. The van der Waals surface area contributed by atoms with Gasteiger partial charge in [-0.05, 0) is 56.2 Å². The topological polar surface area (TPSA) is 69.6 Å². The van der Waals surface area contributed by atoms with E-state index in [-0.39, 0.29) is 12.3 Å². The van der Waals surface area contributed by atoms with Gasteiger partial charge in [0, 0.05) is 6.54 Å². The van der Waals surface area contributed by atoms with Crippen LogP contribution in [-0.4, -0.2) is 28.3 Å². The second-order valence-corrected chi connectivity index (χ2v) is 5.93. The average molecular weight is 277 g/mol. The van der Waals surface area contributed by atoms with Crippen molar-refractivity contribution in [3.05, 3.63) is 28.8 Å². The minimum atomic E-state index is -0.754. The van der Waals surface area contributed by atoms with Gasteiger partial charge in [0.2, 0.25) is 5.91 Å². The zero-order valence-electron chi connectivity index (χ0n) is 12.2.